The zero-order valence-electron chi connectivity index (χ0n) is 14.9. The van der Waals surface area contributed by atoms with E-state index in [1.54, 1.807) is 6.07 Å². The molecule has 0 amide bonds. The number of hydrogen-bond acceptors (Lipinski definition) is 3. The number of nitrogens with zero attached hydrogens (tertiary/aromatic N) is 1. The van der Waals surface area contributed by atoms with Crippen molar-refractivity contribution in [2.45, 2.75) is 37.7 Å². The highest BCUT2D eigenvalue weighted by molar-refractivity contribution is 9.10. The summed E-state index contributed by atoms with van der Waals surface area (Å²) in [5.74, 6) is 4.61. The first kappa shape index (κ1) is 19.9. The first-order chi connectivity index (χ1) is 12.8. The van der Waals surface area contributed by atoms with Gasteiger partial charge in [-0.3, -0.25) is 0 Å². The van der Waals surface area contributed by atoms with E-state index in [0.29, 0.717) is 43.7 Å². The average molecular weight is 436 g/mol. The summed E-state index contributed by atoms with van der Waals surface area (Å²) in [6.45, 7) is 2.93. The molecule has 0 spiro atoms. The van der Waals surface area contributed by atoms with Gasteiger partial charge in [0, 0.05) is 29.3 Å². The van der Waals surface area contributed by atoms with Gasteiger partial charge in [-0.15, -0.1) is 0 Å². The molecule has 3 rings (SSSR count). The zero-order chi connectivity index (χ0) is 19.4. The molecular formula is C21H20BrF2NO2. The van der Waals surface area contributed by atoms with E-state index in [0.717, 1.165) is 16.2 Å². The summed E-state index contributed by atoms with van der Waals surface area (Å²) in [5.41, 5.74) is 0.829. The van der Waals surface area contributed by atoms with E-state index in [1.807, 2.05) is 13.0 Å². The molecule has 1 aliphatic heterocycles. The van der Waals surface area contributed by atoms with Crippen molar-refractivity contribution in [3.63, 3.8) is 0 Å². The van der Waals surface area contributed by atoms with E-state index in [4.69, 9.17) is 4.74 Å². The summed E-state index contributed by atoms with van der Waals surface area (Å²) in [6.07, 6.45) is 1.40. The van der Waals surface area contributed by atoms with Crippen molar-refractivity contribution in [3.8, 4) is 11.8 Å². The van der Waals surface area contributed by atoms with E-state index >= 15 is 0 Å². The zero-order valence-corrected chi connectivity index (χ0v) is 16.5. The molecule has 0 saturated carbocycles. The number of rotatable bonds is 3. The van der Waals surface area contributed by atoms with Gasteiger partial charge >= 0.3 is 0 Å². The summed E-state index contributed by atoms with van der Waals surface area (Å²) < 4.78 is 32.9. The van der Waals surface area contributed by atoms with Gasteiger partial charge in [0.05, 0.1) is 18.9 Å². The van der Waals surface area contributed by atoms with Crippen molar-refractivity contribution in [2.24, 2.45) is 0 Å². The number of benzene rings is 1. The lowest BCUT2D eigenvalue weighted by Crippen LogP contribution is -2.34. The Morgan fingerprint density at radius 3 is 2.56 bits per heavy atom. The molecule has 0 bridgehead atoms. The van der Waals surface area contributed by atoms with Gasteiger partial charge in [0.2, 0.25) is 0 Å². The van der Waals surface area contributed by atoms with E-state index in [-0.39, 0.29) is 5.92 Å². The van der Waals surface area contributed by atoms with Crippen molar-refractivity contribution >= 4 is 15.9 Å². The fraction of sp³-hybridized carbons (Fsp3) is 0.381. The fourth-order valence-corrected chi connectivity index (χ4v) is 3.68. The van der Waals surface area contributed by atoms with Gasteiger partial charge in [-0.25, -0.2) is 13.8 Å². The molecule has 1 aromatic carbocycles. The normalized spacial score (nSPS) is 17.1. The summed E-state index contributed by atoms with van der Waals surface area (Å²) in [7, 11) is 0. The van der Waals surface area contributed by atoms with Crippen LogP contribution >= 0.6 is 15.9 Å². The minimum absolute atomic E-state index is 0.0755. The highest BCUT2D eigenvalue weighted by Crippen LogP contribution is 2.27. The largest absolute Gasteiger partial charge is 0.381 e. The average Bonchev–Trinajstić information content (AvgIpc) is 2.60. The smallest absolute Gasteiger partial charge is 0.130 e. The Hall–Kier alpha value is -1.81. The highest BCUT2D eigenvalue weighted by atomic mass is 79.9. The molecule has 1 aliphatic rings. The lowest BCUT2D eigenvalue weighted by Gasteiger charge is -2.26. The predicted octanol–water partition coefficient (Wildman–Crippen LogP) is 4.36. The maximum Gasteiger partial charge on any atom is 0.130 e. The Morgan fingerprint density at radius 1 is 1.22 bits per heavy atom. The Kier molecular flexibility index (Phi) is 6.25. The molecule has 2 heterocycles. The number of halogens is 3. The molecule has 27 heavy (non-hydrogen) atoms. The standard InChI is InChI=1S/C21H20BrF2NO2/c1-14(10-15-11-16(23)13-17(24)12-15)20-19(22)3-2-18(25-20)4-5-21(26)6-8-27-9-7-21/h2-3,11-14,26H,6-10H2,1H3/t14-/m0/s1. The van der Waals surface area contributed by atoms with Crippen LogP contribution in [0.3, 0.4) is 0 Å². The quantitative estimate of drug-likeness (QED) is 0.728. The number of aromatic nitrogens is 1. The molecule has 1 N–H and O–H groups in total. The molecule has 1 aromatic heterocycles. The van der Waals surface area contributed by atoms with E-state index in [9.17, 15) is 13.9 Å². The van der Waals surface area contributed by atoms with Crippen LogP contribution in [0.1, 0.15) is 42.6 Å². The molecule has 0 aliphatic carbocycles. The molecule has 3 nitrogen and oxygen atoms in total. The van der Waals surface area contributed by atoms with Gasteiger partial charge in [0.25, 0.3) is 0 Å². The second-order valence-electron chi connectivity index (χ2n) is 6.84. The second-order valence-corrected chi connectivity index (χ2v) is 7.69. The summed E-state index contributed by atoms with van der Waals surface area (Å²) in [5, 5.41) is 10.5. The number of pyridine rings is 1. The maximum atomic E-state index is 13.4. The topological polar surface area (TPSA) is 42.4 Å². The van der Waals surface area contributed by atoms with Crippen LogP contribution in [0.25, 0.3) is 0 Å². The number of aliphatic hydroxyl groups is 1. The van der Waals surface area contributed by atoms with Crippen molar-refractivity contribution in [1.82, 2.24) is 4.98 Å². The van der Waals surface area contributed by atoms with Crippen LogP contribution in [-0.4, -0.2) is 28.9 Å². The lowest BCUT2D eigenvalue weighted by atomic mass is 9.95. The summed E-state index contributed by atoms with van der Waals surface area (Å²) in [6, 6.07) is 7.15. The first-order valence-electron chi connectivity index (χ1n) is 8.79. The first-order valence-corrected chi connectivity index (χ1v) is 9.59. The summed E-state index contributed by atoms with van der Waals surface area (Å²) in [4.78, 5) is 4.58. The Balaban J connectivity index is 1.80. The third-order valence-corrected chi connectivity index (χ3v) is 5.22. The SMILES string of the molecule is C[C@@H](Cc1cc(F)cc(F)c1)c1nc(C#CC2(O)CCOCC2)ccc1Br. The Morgan fingerprint density at radius 2 is 1.89 bits per heavy atom. The van der Waals surface area contributed by atoms with Crippen LogP contribution in [0, 0.1) is 23.5 Å². The third kappa shape index (κ3) is 5.35. The highest BCUT2D eigenvalue weighted by Gasteiger charge is 2.27. The van der Waals surface area contributed by atoms with Gasteiger partial charge in [0.15, 0.2) is 0 Å². The van der Waals surface area contributed by atoms with E-state index in [1.165, 1.54) is 12.1 Å². The van der Waals surface area contributed by atoms with Crippen LogP contribution in [0.5, 0.6) is 0 Å². The van der Waals surface area contributed by atoms with E-state index in [2.05, 4.69) is 32.8 Å². The second kappa shape index (κ2) is 8.47. The fourth-order valence-electron chi connectivity index (χ4n) is 3.07. The minimum Gasteiger partial charge on any atom is -0.381 e. The van der Waals surface area contributed by atoms with Gasteiger partial charge in [0.1, 0.15) is 22.9 Å². The molecule has 1 saturated heterocycles. The van der Waals surface area contributed by atoms with Crippen LogP contribution in [-0.2, 0) is 11.2 Å². The molecule has 142 valence electrons. The number of hydrogen-bond donors (Lipinski definition) is 1. The van der Waals surface area contributed by atoms with Crippen LogP contribution in [0.15, 0.2) is 34.8 Å². The molecule has 0 radical (unpaired) electrons. The van der Waals surface area contributed by atoms with Gasteiger partial charge in [-0.1, -0.05) is 12.8 Å². The maximum absolute atomic E-state index is 13.4. The van der Waals surface area contributed by atoms with Crippen LogP contribution in [0.2, 0.25) is 0 Å². The monoisotopic (exact) mass is 435 g/mol. The lowest BCUT2D eigenvalue weighted by molar-refractivity contribution is -0.0262. The van der Waals surface area contributed by atoms with Crippen molar-refractivity contribution in [3.05, 3.63) is 63.4 Å². The van der Waals surface area contributed by atoms with Gasteiger partial charge in [-0.2, -0.15) is 0 Å². The third-order valence-electron chi connectivity index (χ3n) is 4.55. The van der Waals surface area contributed by atoms with Crippen molar-refractivity contribution in [2.75, 3.05) is 13.2 Å². The molecule has 1 fully saturated rings. The molecule has 0 unspecified atom stereocenters. The molecule has 1 atom stereocenters. The van der Waals surface area contributed by atoms with Crippen LogP contribution in [0.4, 0.5) is 8.78 Å². The molecular weight excluding hydrogens is 416 g/mol. The van der Waals surface area contributed by atoms with Gasteiger partial charge in [-0.05, 0) is 58.1 Å². The number of ether oxygens (including phenoxy) is 1. The Bertz CT molecular complexity index is 865. The molecule has 2 aromatic rings. The van der Waals surface area contributed by atoms with E-state index < -0.39 is 17.2 Å². The predicted molar refractivity (Wildman–Crippen MR) is 102 cm³/mol. The minimum atomic E-state index is -1.04. The van der Waals surface area contributed by atoms with Crippen molar-refractivity contribution in [1.29, 1.82) is 0 Å². The summed E-state index contributed by atoms with van der Waals surface area (Å²) >= 11 is 3.49. The molecule has 6 heteroatoms. The van der Waals surface area contributed by atoms with Gasteiger partial charge < -0.3 is 9.84 Å². The van der Waals surface area contributed by atoms with Crippen LogP contribution < -0.4 is 0 Å². The van der Waals surface area contributed by atoms with Crippen molar-refractivity contribution < 1.29 is 18.6 Å². The Labute approximate surface area is 165 Å².